The second-order valence-electron chi connectivity index (χ2n) is 9.84. The molecule has 0 atom stereocenters. The van der Waals surface area contributed by atoms with Crippen molar-refractivity contribution in [3.63, 3.8) is 0 Å². The summed E-state index contributed by atoms with van der Waals surface area (Å²) in [6.07, 6.45) is 0.667. The average molecular weight is 564 g/mol. The lowest BCUT2D eigenvalue weighted by Gasteiger charge is -2.25. The highest BCUT2D eigenvalue weighted by Gasteiger charge is 2.18. The summed E-state index contributed by atoms with van der Waals surface area (Å²) in [7, 11) is 1.77. The van der Waals surface area contributed by atoms with Crippen LogP contribution in [-0.4, -0.2) is 39.9 Å². The summed E-state index contributed by atoms with van der Waals surface area (Å²) in [5.41, 5.74) is 10.2. The highest BCUT2D eigenvalue weighted by atomic mass is 16.1. The van der Waals surface area contributed by atoms with Crippen LogP contribution in [0.25, 0.3) is 16.5 Å². The van der Waals surface area contributed by atoms with E-state index >= 15 is 0 Å². The molecule has 4 aromatic rings. The molecule has 0 unspecified atom stereocenters. The molecule has 0 saturated carbocycles. The van der Waals surface area contributed by atoms with Crippen molar-refractivity contribution in [1.29, 1.82) is 5.41 Å². The molecule has 0 aliphatic rings. The monoisotopic (exact) mass is 563 g/mol. The fourth-order valence-corrected chi connectivity index (χ4v) is 3.83. The van der Waals surface area contributed by atoms with E-state index in [0.29, 0.717) is 12.1 Å². The van der Waals surface area contributed by atoms with Crippen LogP contribution in [-0.2, 0) is 9.59 Å². The highest BCUT2D eigenvalue weighted by molar-refractivity contribution is 6.00. The highest BCUT2D eigenvalue weighted by Crippen LogP contribution is 2.37. The number of nitrogens with one attached hydrogen (secondary N) is 1. The largest absolute Gasteiger partial charge is 0.310 e. The van der Waals surface area contributed by atoms with Crippen LogP contribution >= 0.6 is 0 Å². The van der Waals surface area contributed by atoms with Crippen molar-refractivity contribution in [1.82, 2.24) is 9.78 Å². The number of Topliss-reactive ketones (excluding diaryl/α,β-unsaturated/α-hetero) is 2. The molecule has 0 saturated heterocycles. The number of benzene rings is 3. The average Bonchev–Trinajstić information content (AvgIpc) is 3.36. The summed E-state index contributed by atoms with van der Waals surface area (Å²) >= 11 is 0. The van der Waals surface area contributed by atoms with Crippen LogP contribution in [0.4, 0.5) is 17.1 Å². The molecule has 218 valence electrons. The predicted octanol–water partition coefficient (Wildman–Crippen LogP) is 8.56. The van der Waals surface area contributed by atoms with Crippen molar-refractivity contribution in [2.24, 2.45) is 4.99 Å². The third kappa shape index (κ3) is 8.82. The van der Waals surface area contributed by atoms with Crippen molar-refractivity contribution in [2.75, 3.05) is 11.9 Å². The lowest BCUT2D eigenvalue weighted by Crippen LogP contribution is -2.12. The van der Waals surface area contributed by atoms with Gasteiger partial charge in [0.2, 0.25) is 0 Å². The summed E-state index contributed by atoms with van der Waals surface area (Å²) < 4.78 is 1.87. The number of allylic oxidation sites excluding steroid dienone is 1. The van der Waals surface area contributed by atoms with E-state index in [0.717, 1.165) is 50.6 Å². The Morgan fingerprint density at radius 1 is 0.905 bits per heavy atom. The van der Waals surface area contributed by atoms with Crippen LogP contribution in [0, 0.1) is 5.41 Å². The zero-order chi connectivity index (χ0) is 31.4. The molecule has 1 heterocycles. The number of ketones is 2. The molecule has 0 aliphatic carbocycles. The molecule has 1 N–H and O–H groups in total. The van der Waals surface area contributed by atoms with E-state index in [1.807, 2.05) is 55.8 Å². The second kappa shape index (κ2) is 15.8. The molecule has 1 aromatic heterocycles. The number of aromatic nitrogens is 2. The molecule has 7 heteroatoms. The summed E-state index contributed by atoms with van der Waals surface area (Å²) in [4.78, 5) is 25.8. The van der Waals surface area contributed by atoms with Crippen molar-refractivity contribution in [3.05, 3.63) is 96.4 Å². The van der Waals surface area contributed by atoms with Gasteiger partial charge in [-0.25, -0.2) is 4.68 Å². The number of carbonyl (C=O) groups is 2. The van der Waals surface area contributed by atoms with Crippen LogP contribution in [0.2, 0.25) is 0 Å². The fourth-order valence-electron chi connectivity index (χ4n) is 3.83. The van der Waals surface area contributed by atoms with Gasteiger partial charge in [-0.3, -0.25) is 4.99 Å². The van der Waals surface area contributed by atoms with E-state index in [4.69, 9.17) is 10.5 Å². The van der Waals surface area contributed by atoms with E-state index in [1.165, 1.54) is 13.8 Å². The van der Waals surface area contributed by atoms with Gasteiger partial charge in [-0.15, -0.1) is 5.73 Å². The number of carbonyl (C=O) groups excluding carboxylic acids is 2. The molecule has 0 fully saturated rings. The van der Waals surface area contributed by atoms with E-state index < -0.39 is 0 Å². The quantitative estimate of drug-likeness (QED) is 0.144. The first-order valence-electron chi connectivity index (χ1n) is 13.8. The lowest BCUT2D eigenvalue weighted by molar-refractivity contribution is -0.117. The topological polar surface area (TPSA) is 91.4 Å². The molecular weight excluding hydrogens is 522 g/mol. The Kier molecular flexibility index (Phi) is 12.5. The lowest BCUT2D eigenvalue weighted by atomic mass is 10.1. The Morgan fingerprint density at radius 2 is 1.43 bits per heavy atom. The van der Waals surface area contributed by atoms with Crippen molar-refractivity contribution in [3.8, 4) is 0 Å². The van der Waals surface area contributed by atoms with Gasteiger partial charge < -0.3 is 19.9 Å². The number of nitrogens with zero attached hydrogens (tertiary/aromatic N) is 4. The smallest absolute Gasteiger partial charge is 0.129 e. The van der Waals surface area contributed by atoms with Crippen molar-refractivity contribution in [2.45, 2.75) is 54.9 Å². The summed E-state index contributed by atoms with van der Waals surface area (Å²) in [6.45, 7) is 16.0. The molecule has 42 heavy (non-hydrogen) atoms. The zero-order valence-electron chi connectivity index (χ0n) is 25.9. The minimum atomic E-state index is 0.167. The molecule has 0 amide bonds. The minimum Gasteiger partial charge on any atom is -0.310 e. The first-order chi connectivity index (χ1) is 19.9. The number of hydrogen-bond donors (Lipinski definition) is 1. The van der Waals surface area contributed by atoms with Gasteiger partial charge in [0, 0.05) is 47.2 Å². The van der Waals surface area contributed by atoms with E-state index in [-0.39, 0.29) is 11.6 Å². The molecule has 7 nitrogen and oxygen atoms in total. The number of aliphatic imine (C=N–C) groups is 1. The van der Waals surface area contributed by atoms with Crippen LogP contribution in [0.1, 0.15) is 66.1 Å². The predicted molar refractivity (Wildman–Crippen MR) is 177 cm³/mol. The molecule has 4 rings (SSSR count). The van der Waals surface area contributed by atoms with Crippen LogP contribution in [0.15, 0.2) is 90.1 Å². The minimum absolute atomic E-state index is 0.167. The molecular formula is C35H41N5O2. The Bertz CT molecular complexity index is 1620. The number of rotatable bonds is 6. The van der Waals surface area contributed by atoms with E-state index in [2.05, 4.69) is 64.7 Å². The Balaban J connectivity index is 0.000000600. The SMILES string of the molecule is C=C=C(C)c1nn(C(C)=NC)c2cc(N(c3ccccc3)c3ccc(C(C)=N)cc3)ccc12.CC(C)=O.CCC(C)=O. The summed E-state index contributed by atoms with van der Waals surface area (Å²) in [5.74, 6) is 1.22. The van der Waals surface area contributed by atoms with Gasteiger partial charge in [0.05, 0.1) is 5.52 Å². The number of para-hydroxylation sites is 1. The van der Waals surface area contributed by atoms with Gasteiger partial charge in [0.15, 0.2) is 0 Å². The summed E-state index contributed by atoms with van der Waals surface area (Å²) in [5, 5.41) is 13.8. The Morgan fingerprint density at radius 3 is 1.90 bits per heavy atom. The van der Waals surface area contributed by atoms with Gasteiger partial charge in [0.1, 0.15) is 23.1 Å². The van der Waals surface area contributed by atoms with Gasteiger partial charge in [-0.2, -0.15) is 5.10 Å². The standard InChI is InChI=1S/C28H27N5.C4H8O.C3H6O/c1-6-19(2)28-26-17-16-25(18-27(26)33(31-28)21(4)30-5)32(23-10-8-7-9-11-23)24-14-12-22(13-15-24)20(3)29;1-3-4(2)5;1-3(2)4/h7-18,29H,1H2,2-5H3;3H2,1-2H3;1-2H3. The second-order valence-corrected chi connectivity index (χ2v) is 9.84. The molecule has 0 spiro atoms. The third-order valence-corrected chi connectivity index (χ3v) is 6.24. The zero-order valence-corrected chi connectivity index (χ0v) is 25.9. The Labute approximate surface area is 249 Å². The van der Waals surface area contributed by atoms with Crippen molar-refractivity contribution < 1.29 is 9.59 Å². The van der Waals surface area contributed by atoms with E-state index in [9.17, 15) is 9.59 Å². The van der Waals surface area contributed by atoms with Crippen LogP contribution in [0.3, 0.4) is 0 Å². The van der Waals surface area contributed by atoms with Crippen molar-refractivity contribution >= 4 is 56.7 Å². The van der Waals surface area contributed by atoms with Gasteiger partial charge in [-0.05, 0) is 89.6 Å². The fraction of sp³-hybridized carbons (Fsp3) is 0.257. The van der Waals surface area contributed by atoms with Gasteiger partial charge in [0.25, 0.3) is 0 Å². The van der Waals surface area contributed by atoms with Crippen LogP contribution < -0.4 is 4.90 Å². The molecule has 0 radical (unpaired) electrons. The van der Waals surface area contributed by atoms with Crippen LogP contribution in [0.5, 0.6) is 0 Å². The molecule has 3 aromatic carbocycles. The first-order valence-corrected chi connectivity index (χ1v) is 13.8. The third-order valence-electron chi connectivity index (χ3n) is 6.24. The first kappa shape index (κ1) is 33.3. The molecule has 0 aliphatic heterocycles. The number of fused-ring (bicyclic) bond motifs is 1. The van der Waals surface area contributed by atoms with E-state index in [1.54, 1.807) is 20.9 Å². The number of anilines is 3. The maximum Gasteiger partial charge on any atom is 0.129 e. The normalized spacial score (nSPS) is 10.4. The maximum atomic E-state index is 9.81. The molecule has 0 bridgehead atoms. The summed E-state index contributed by atoms with van der Waals surface area (Å²) in [6, 6.07) is 24.7. The Hall–Kier alpha value is -4.87. The van der Waals surface area contributed by atoms with Gasteiger partial charge >= 0.3 is 0 Å². The number of hydrogen-bond acceptors (Lipinski definition) is 6. The van der Waals surface area contributed by atoms with Gasteiger partial charge in [-0.1, -0.05) is 43.8 Å². The maximum absolute atomic E-state index is 9.81.